The summed E-state index contributed by atoms with van der Waals surface area (Å²) < 4.78 is 10.7. The minimum absolute atomic E-state index is 0.178. The molecule has 4 nitrogen and oxygen atoms in total. The molecule has 0 spiro atoms. The fourth-order valence-electron chi connectivity index (χ4n) is 1.22. The number of nitrogens with one attached hydrogen (secondary N) is 1. The molecule has 0 aliphatic rings. The third kappa shape index (κ3) is 8.54. The number of ether oxygens (including phenoxy) is 2. The van der Waals surface area contributed by atoms with E-state index in [0.29, 0.717) is 19.6 Å². The molecule has 1 N–H and O–H groups in total. The van der Waals surface area contributed by atoms with Crippen molar-refractivity contribution in [3.05, 3.63) is 0 Å². The molecule has 0 radical (unpaired) electrons. The summed E-state index contributed by atoms with van der Waals surface area (Å²) in [7, 11) is 1.87. The van der Waals surface area contributed by atoms with Crippen molar-refractivity contribution in [1.82, 2.24) is 5.32 Å². The van der Waals surface area contributed by atoms with Crippen LogP contribution in [0, 0.1) is 0 Å². The van der Waals surface area contributed by atoms with E-state index in [1.165, 1.54) is 0 Å². The minimum atomic E-state index is -0.178. The smallest absolute Gasteiger partial charge is 0.154 e. The van der Waals surface area contributed by atoms with E-state index >= 15 is 0 Å². The first-order valence-corrected chi connectivity index (χ1v) is 5.50. The highest BCUT2D eigenvalue weighted by Gasteiger charge is 2.09. The highest BCUT2D eigenvalue weighted by molar-refractivity contribution is 5.75. The first-order chi connectivity index (χ1) is 7.10. The number of hydrogen-bond donors (Lipinski definition) is 1. The van der Waals surface area contributed by atoms with Crippen LogP contribution in [0.3, 0.4) is 0 Å². The van der Waals surface area contributed by atoms with Crippen molar-refractivity contribution in [2.75, 3.05) is 20.3 Å². The van der Waals surface area contributed by atoms with Crippen LogP contribution < -0.4 is 5.32 Å². The van der Waals surface area contributed by atoms with Crippen LogP contribution in [-0.2, 0) is 14.3 Å². The normalized spacial score (nSPS) is 14.9. The van der Waals surface area contributed by atoms with Crippen LogP contribution in [0.5, 0.6) is 0 Å². The van der Waals surface area contributed by atoms with Crippen molar-refractivity contribution in [1.29, 1.82) is 0 Å². The maximum Gasteiger partial charge on any atom is 0.154 e. The summed E-state index contributed by atoms with van der Waals surface area (Å²) in [6.07, 6.45) is 1.23. The maximum absolute atomic E-state index is 10.8. The molecule has 2 unspecified atom stereocenters. The van der Waals surface area contributed by atoms with Crippen LogP contribution in [0.15, 0.2) is 0 Å². The molecule has 90 valence electrons. The quantitative estimate of drug-likeness (QED) is 0.592. The number of Topliss-reactive ketones (excluding diaryl/α,β-unsaturated/α-hetero) is 1. The zero-order valence-corrected chi connectivity index (χ0v) is 10.2. The van der Waals surface area contributed by atoms with E-state index in [4.69, 9.17) is 9.47 Å². The summed E-state index contributed by atoms with van der Waals surface area (Å²) in [6, 6.07) is 0.219. The molecule has 0 saturated heterocycles. The SMILES string of the molecule is CCOC(C)OCC(CCC(C)=O)NC. The van der Waals surface area contributed by atoms with Crippen LogP contribution in [0.25, 0.3) is 0 Å². The van der Waals surface area contributed by atoms with E-state index in [1.807, 2.05) is 20.9 Å². The van der Waals surface area contributed by atoms with Gasteiger partial charge in [0.2, 0.25) is 0 Å². The van der Waals surface area contributed by atoms with Gasteiger partial charge in [-0.25, -0.2) is 0 Å². The van der Waals surface area contributed by atoms with Crippen molar-refractivity contribution < 1.29 is 14.3 Å². The van der Waals surface area contributed by atoms with Crippen molar-refractivity contribution >= 4 is 5.78 Å². The molecule has 2 atom stereocenters. The Bertz CT molecular complexity index is 173. The fourth-order valence-corrected chi connectivity index (χ4v) is 1.22. The Morgan fingerprint density at radius 1 is 1.40 bits per heavy atom. The largest absolute Gasteiger partial charge is 0.353 e. The molecule has 0 aromatic heterocycles. The second-order valence-corrected chi connectivity index (χ2v) is 3.58. The summed E-state index contributed by atoms with van der Waals surface area (Å²) in [5.74, 6) is 0.216. The Balaban J connectivity index is 3.64. The van der Waals surface area contributed by atoms with Crippen molar-refractivity contribution in [3.8, 4) is 0 Å². The minimum Gasteiger partial charge on any atom is -0.353 e. The van der Waals surface area contributed by atoms with Gasteiger partial charge in [-0.1, -0.05) is 0 Å². The van der Waals surface area contributed by atoms with E-state index in [-0.39, 0.29) is 18.1 Å². The monoisotopic (exact) mass is 217 g/mol. The van der Waals surface area contributed by atoms with Crippen LogP contribution in [0.1, 0.15) is 33.6 Å². The van der Waals surface area contributed by atoms with Gasteiger partial charge in [0, 0.05) is 19.1 Å². The molecule has 0 saturated carbocycles. The molecule has 0 heterocycles. The molecule has 4 heteroatoms. The van der Waals surface area contributed by atoms with Gasteiger partial charge in [-0.2, -0.15) is 0 Å². The van der Waals surface area contributed by atoms with Gasteiger partial charge in [0.1, 0.15) is 5.78 Å². The molecule has 0 aromatic rings. The number of likely N-dealkylation sites (N-methyl/N-ethyl adjacent to an activating group) is 1. The van der Waals surface area contributed by atoms with Gasteiger partial charge in [-0.05, 0) is 34.2 Å². The van der Waals surface area contributed by atoms with Crippen molar-refractivity contribution in [2.24, 2.45) is 0 Å². The number of hydrogen-bond acceptors (Lipinski definition) is 4. The number of carbonyl (C=O) groups excluding carboxylic acids is 1. The second-order valence-electron chi connectivity index (χ2n) is 3.58. The van der Waals surface area contributed by atoms with Crippen LogP contribution >= 0.6 is 0 Å². The fraction of sp³-hybridized carbons (Fsp3) is 0.909. The van der Waals surface area contributed by atoms with E-state index in [0.717, 1.165) is 6.42 Å². The zero-order chi connectivity index (χ0) is 11.7. The summed E-state index contributed by atoms with van der Waals surface area (Å²) in [4.78, 5) is 10.8. The number of ketones is 1. The van der Waals surface area contributed by atoms with Crippen molar-refractivity contribution in [2.45, 2.75) is 45.9 Å². The summed E-state index contributed by atoms with van der Waals surface area (Å²) >= 11 is 0. The Morgan fingerprint density at radius 3 is 2.53 bits per heavy atom. The molecule has 0 amide bonds. The van der Waals surface area contributed by atoms with Crippen LogP contribution in [0.2, 0.25) is 0 Å². The number of carbonyl (C=O) groups is 1. The van der Waals surface area contributed by atoms with Gasteiger partial charge in [-0.15, -0.1) is 0 Å². The number of rotatable bonds is 9. The third-order valence-corrected chi connectivity index (χ3v) is 2.19. The van der Waals surface area contributed by atoms with Gasteiger partial charge in [0.05, 0.1) is 6.61 Å². The standard InChI is InChI=1S/C11H23NO3/c1-5-14-10(3)15-8-11(12-4)7-6-9(2)13/h10-12H,5-8H2,1-4H3. The van der Waals surface area contributed by atoms with Gasteiger partial charge < -0.3 is 19.6 Å². The molecule has 15 heavy (non-hydrogen) atoms. The lowest BCUT2D eigenvalue weighted by Gasteiger charge is -2.19. The van der Waals surface area contributed by atoms with Gasteiger partial charge in [0.25, 0.3) is 0 Å². The summed E-state index contributed by atoms with van der Waals surface area (Å²) in [6.45, 7) is 6.65. The van der Waals surface area contributed by atoms with E-state index in [9.17, 15) is 4.79 Å². The molecule has 0 rings (SSSR count). The average Bonchev–Trinajstić information content (AvgIpc) is 2.18. The zero-order valence-electron chi connectivity index (χ0n) is 10.2. The summed E-state index contributed by atoms with van der Waals surface area (Å²) in [5.41, 5.74) is 0. The molecular weight excluding hydrogens is 194 g/mol. The van der Waals surface area contributed by atoms with Crippen molar-refractivity contribution in [3.63, 3.8) is 0 Å². The molecular formula is C11H23NO3. The highest BCUT2D eigenvalue weighted by Crippen LogP contribution is 2.01. The first kappa shape index (κ1) is 14.6. The molecule has 0 bridgehead atoms. The first-order valence-electron chi connectivity index (χ1n) is 5.50. The lowest BCUT2D eigenvalue weighted by atomic mass is 10.1. The predicted molar refractivity (Wildman–Crippen MR) is 59.8 cm³/mol. The van der Waals surface area contributed by atoms with E-state index in [1.54, 1.807) is 6.92 Å². The van der Waals surface area contributed by atoms with E-state index in [2.05, 4.69) is 5.32 Å². The van der Waals surface area contributed by atoms with Gasteiger partial charge in [0.15, 0.2) is 6.29 Å². The Hall–Kier alpha value is -0.450. The topological polar surface area (TPSA) is 47.6 Å². The summed E-state index contributed by atoms with van der Waals surface area (Å²) in [5, 5.41) is 3.12. The molecule has 0 fully saturated rings. The maximum atomic E-state index is 10.8. The predicted octanol–water partition coefficient (Wildman–Crippen LogP) is 1.34. The Kier molecular flexibility index (Phi) is 8.56. The molecule has 0 aliphatic heterocycles. The lowest BCUT2D eigenvalue weighted by molar-refractivity contribution is -0.131. The average molecular weight is 217 g/mol. The second kappa shape index (κ2) is 8.83. The van der Waals surface area contributed by atoms with Crippen LogP contribution in [-0.4, -0.2) is 38.4 Å². The Labute approximate surface area is 92.3 Å². The van der Waals surface area contributed by atoms with Crippen LogP contribution in [0.4, 0.5) is 0 Å². The van der Waals surface area contributed by atoms with Gasteiger partial charge in [-0.3, -0.25) is 0 Å². The lowest BCUT2D eigenvalue weighted by Crippen LogP contribution is -2.32. The Morgan fingerprint density at radius 2 is 2.07 bits per heavy atom. The molecule has 0 aliphatic carbocycles. The van der Waals surface area contributed by atoms with Gasteiger partial charge >= 0.3 is 0 Å². The van der Waals surface area contributed by atoms with E-state index < -0.39 is 0 Å². The third-order valence-electron chi connectivity index (χ3n) is 2.19. The highest BCUT2D eigenvalue weighted by atomic mass is 16.7. The molecule has 0 aromatic carbocycles.